The highest BCUT2D eigenvalue weighted by Gasteiger charge is 2.29. The van der Waals surface area contributed by atoms with E-state index in [1.165, 1.54) is 16.3 Å². The lowest BCUT2D eigenvalue weighted by molar-refractivity contribution is 0.522. The minimum atomic E-state index is 0.215. The summed E-state index contributed by atoms with van der Waals surface area (Å²) in [6.07, 6.45) is 13.0. The lowest BCUT2D eigenvalue weighted by Gasteiger charge is -2.31. The molecule has 2 aliphatic carbocycles. The Bertz CT molecular complexity index is 914. The van der Waals surface area contributed by atoms with Crippen LogP contribution >= 0.6 is 11.8 Å². The summed E-state index contributed by atoms with van der Waals surface area (Å²) in [5, 5.41) is 0.342. The van der Waals surface area contributed by atoms with Gasteiger partial charge in [-0.15, -0.1) is 11.8 Å². The van der Waals surface area contributed by atoms with E-state index < -0.39 is 0 Å². The van der Waals surface area contributed by atoms with E-state index in [2.05, 4.69) is 84.6 Å². The summed E-state index contributed by atoms with van der Waals surface area (Å²) >= 11 is 1.88. The molecule has 0 saturated heterocycles. The normalized spacial score (nSPS) is 24.6. The first-order valence-corrected chi connectivity index (χ1v) is 9.95. The van der Waals surface area contributed by atoms with Gasteiger partial charge in [-0.05, 0) is 54.6 Å². The average molecular weight is 377 g/mol. The maximum atomic E-state index is 4.92. The molecule has 1 heterocycles. The quantitative estimate of drug-likeness (QED) is 0.740. The van der Waals surface area contributed by atoms with E-state index in [1.807, 2.05) is 25.9 Å². The van der Waals surface area contributed by atoms with Crippen LogP contribution in [-0.4, -0.2) is 55.8 Å². The number of rotatable bonds is 3. The van der Waals surface area contributed by atoms with Crippen LogP contribution < -0.4 is 4.90 Å². The first kappa shape index (κ1) is 17.9. The molecule has 138 valence electrons. The first-order valence-electron chi connectivity index (χ1n) is 9.07. The van der Waals surface area contributed by atoms with Crippen molar-refractivity contribution >= 4 is 34.6 Å². The van der Waals surface area contributed by atoms with Crippen molar-refractivity contribution in [2.24, 2.45) is 9.98 Å². The van der Waals surface area contributed by atoms with Gasteiger partial charge in [-0.2, -0.15) is 0 Å². The van der Waals surface area contributed by atoms with Crippen LogP contribution in [0.3, 0.4) is 0 Å². The van der Waals surface area contributed by atoms with Gasteiger partial charge in [0.25, 0.3) is 0 Å². The number of hydrogen-bond acceptors (Lipinski definition) is 5. The molecule has 27 heavy (non-hydrogen) atoms. The number of likely N-dealkylation sites (N-methyl/N-ethyl adjacent to an activating group) is 1. The molecule has 0 fully saturated rings. The van der Waals surface area contributed by atoms with E-state index >= 15 is 0 Å². The number of nitrogens with zero attached hydrogens (tertiary/aromatic N) is 4. The minimum Gasteiger partial charge on any atom is -0.378 e. The predicted octanol–water partition coefficient (Wildman–Crippen LogP) is 4.22. The molecule has 5 heteroatoms. The maximum absolute atomic E-state index is 4.92. The Hall–Kier alpha value is -2.53. The van der Waals surface area contributed by atoms with Gasteiger partial charge < -0.3 is 9.80 Å². The Balaban J connectivity index is 1.58. The standard InChI is InChI=1S/C22H24N4S/c1-25(2)17-8-5-15(6-9-17)23-16-7-11-19-21(13-16)27-22-14-18(26(3)4)10-12-20(22)24-19/h5-14,20,22H,1-4H3. The topological polar surface area (TPSA) is 31.2 Å². The molecule has 0 spiro atoms. The molecule has 1 aliphatic heterocycles. The molecular weight excluding hydrogens is 352 g/mol. The van der Waals surface area contributed by atoms with Gasteiger partial charge in [0.15, 0.2) is 0 Å². The zero-order valence-corrected chi connectivity index (χ0v) is 16.9. The van der Waals surface area contributed by atoms with Crippen molar-refractivity contribution in [3.05, 3.63) is 71.3 Å². The largest absolute Gasteiger partial charge is 0.378 e. The number of anilines is 1. The summed E-state index contributed by atoms with van der Waals surface area (Å²) in [6, 6.07) is 8.51. The fourth-order valence-corrected chi connectivity index (χ4v) is 4.42. The number of allylic oxidation sites excluding steroid dienone is 5. The molecule has 0 radical (unpaired) electrons. The second kappa shape index (κ2) is 7.24. The lowest BCUT2D eigenvalue weighted by atomic mass is 10.0. The third kappa shape index (κ3) is 3.78. The van der Waals surface area contributed by atoms with E-state index in [1.54, 1.807) is 0 Å². The van der Waals surface area contributed by atoms with Gasteiger partial charge >= 0.3 is 0 Å². The van der Waals surface area contributed by atoms with Crippen molar-refractivity contribution in [2.75, 3.05) is 33.1 Å². The van der Waals surface area contributed by atoms with Crippen LogP contribution in [0.2, 0.25) is 0 Å². The molecular formula is C22H24N4S. The number of thioether (sulfide) groups is 1. The van der Waals surface area contributed by atoms with Crippen LogP contribution in [0.25, 0.3) is 0 Å². The summed E-state index contributed by atoms with van der Waals surface area (Å²) in [7, 11) is 8.24. The number of aliphatic imine (C=N–C) groups is 2. The zero-order valence-electron chi connectivity index (χ0n) is 16.1. The van der Waals surface area contributed by atoms with Crippen LogP contribution in [0, 0.1) is 0 Å². The van der Waals surface area contributed by atoms with Crippen molar-refractivity contribution in [3.8, 4) is 0 Å². The van der Waals surface area contributed by atoms with Crippen LogP contribution in [0.1, 0.15) is 0 Å². The van der Waals surface area contributed by atoms with Gasteiger partial charge in [0.2, 0.25) is 0 Å². The van der Waals surface area contributed by atoms with Gasteiger partial charge in [0.05, 0.1) is 28.4 Å². The molecule has 4 nitrogen and oxygen atoms in total. The summed E-state index contributed by atoms with van der Waals surface area (Å²) in [6.45, 7) is 0. The van der Waals surface area contributed by atoms with Crippen molar-refractivity contribution in [1.29, 1.82) is 0 Å². The molecule has 0 bridgehead atoms. The highest BCUT2D eigenvalue weighted by atomic mass is 32.2. The third-order valence-corrected chi connectivity index (χ3v) is 6.04. The maximum Gasteiger partial charge on any atom is 0.0849 e. The SMILES string of the molecule is CN(C)C1=CC2SC3=CC(=Nc4ccc(N(C)C)cc4)C=CC3=NC2C=C1. The molecule has 0 amide bonds. The average Bonchev–Trinajstić information content (AvgIpc) is 2.66. The second-order valence-electron chi connectivity index (χ2n) is 7.22. The summed E-state index contributed by atoms with van der Waals surface area (Å²) in [5.74, 6) is 0. The highest BCUT2D eigenvalue weighted by molar-refractivity contribution is 8.05. The lowest BCUT2D eigenvalue weighted by Crippen LogP contribution is -2.29. The second-order valence-corrected chi connectivity index (χ2v) is 8.44. The van der Waals surface area contributed by atoms with Crippen molar-refractivity contribution < 1.29 is 0 Å². The van der Waals surface area contributed by atoms with Crippen molar-refractivity contribution in [1.82, 2.24) is 4.90 Å². The van der Waals surface area contributed by atoms with Crippen LogP contribution in [0.4, 0.5) is 11.4 Å². The van der Waals surface area contributed by atoms with Crippen molar-refractivity contribution in [3.63, 3.8) is 0 Å². The van der Waals surface area contributed by atoms with E-state index in [4.69, 9.17) is 9.98 Å². The van der Waals surface area contributed by atoms with Gasteiger partial charge in [-0.1, -0.05) is 6.08 Å². The smallest absolute Gasteiger partial charge is 0.0849 e. The van der Waals surface area contributed by atoms with Crippen LogP contribution in [-0.2, 0) is 0 Å². The molecule has 0 saturated carbocycles. The van der Waals surface area contributed by atoms with E-state index in [-0.39, 0.29) is 6.04 Å². The van der Waals surface area contributed by atoms with Gasteiger partial charge in [0.1, 0.15) is 0 Å². The van der Waals surface area contributed by atoms with Crippen LogP contribution in [0.5, 0.6) is 0 Å². The fourth-order valence-electron chi connectivity index (χ4n) is 3.20. The Kier molecular flexibility index (Phi) is 4.79. The molecule has 0 aromatic heterocycles. The Labute approximate surface area is 165 Å². The van der Waals surface area contributed by atoms with Gasteiger partial charge in [-0.3, -0.25) is 4.99 Å². The number of benzene rings is 1. The van der Waals surface area contributed by atoms with Gasteiger partial charge in [0, 0.05) is 44.5 Å². The zero-order chi connectivity index (χ0) is 19.0. The molecule has 2 unspecified atom stereocenters. The Morgan fingerprint density at radius 3 is 2.44 bits per heavy atom. The summed E-state index contributed by atoms with van der Waals surface area (Å²) < 4.78 is 0. The fraction of sp³-hybridized carbons (Fsp3) is 0.273. The molecule has 4 rings (SSSR count). The Morgan fingerprint density at radius 1 is 0.963 bits per heavy atom. The van der Waals surface area contributed by atoms with Crippen molar-refractivity contribution in [2.45, 2.75) is 11.3 Å². The highest BCUT2D eigenvalue weighted by Crippen LogP contribution is 2.37. The summed E-state index contributed by atoms with van der Waals surface area (Å²) in [5.41, 5.74) is 5.41. The Morgan fingerprint density at radius 2 is 1.74 bits per heavy atom. The van der Waals surface area contributed by atoms with Crippen LogP contribution in [0.15, 0.2) is 81.3 Å². The molecule has 0 N–H and O–H groups in total. The number of hydrogen-bond donors (Lipinski definition) is 0. The van der Waals surface area contributed by atoms with E-state index in [9.17, 15) is 0 Å². The van der Waals surface area contributed by atoms with E-state index in [0.29, 0.717) is 5.25 Å². The monoisotopic (exact) mass is 376 g/mol. The predicted molar refractivity (Wildman–Crippen MR) is 119 cm³/mol. The molecule has 1 aromatic rings. The first-order chi connectivity index (χ1) is 13.0. The minimum absolute atomic E-state index is 0.215. The van der Waals surface area contributed by atoms with E-state index in [0.717, 1.165) is 17.1 Å². The van der Waals surface area contributed by atoms with Gasteiger partial charge in [-0.25, -0.2) is 4.99 Å². The molecule has 2 atom stereocenters. The molecule has 3 aliphatic rings. The molecule has 1 aromatic carbocycles. The third-order valence-electron chi connectivity index (χ3n) is 4.77. The number of fused-ring (bicyclic) bond motifs is 2. The summed E-state index contributed by atoms with van der Waals surface area (Å²) in [4.78, 5) is 15.1.